The number of amides is 2. The fourth-order valence-corrected chi connectivity index (χ4v) is 2.46. The van der Waals surface area contributed by atoms with Crippen molar-refractivity contribution >= 4 is 40.7 Å². The van der Waals surface area contributed by atoms with Gasteiger partial charge in [-0.3, -0.25) is 9.59 Å². The van der Waals surface area contributed by atoms with Crippen molar-refractivity contribution in [2.24, 2.45) is 0 Å². The molecule has 6 heteroatoms. The lowest BCUT2D eigenvalue weighted by atomic mass is 10.2. The van der Waals surface area contributed by atoms with E-state index < -0.39 is 0 Å². The van der Waals surface area contributed by atoms with Crippen LogP contribution in [-0.2, 0) is 16.1 Å². The average Bonchev–Trinajstić information content (AvgIpc) is 2.54. The molecule has 0 unspecified atom stereocenters. The highest BCUT2D eigenvalue weighted by Gasteiger charge is 2.19. The third-order valence-electron chi connectivity index (χ3n) is 3.24. The van der Waals surface area contributed by atoms with Crippen molar-refractivity contribution in [1.82, 2.24) is 5.32 Å². The minimum Gasteiger partial charge on any atom is -0.350 e. The molecule has 0 fully saturated rings. The van der Waals surface area contributed by atoms with Crippen LogP contribution in [0.25, 0.3) is 0 Å². The van der Waals surface area contributed by atoms with E-state index in [9.17, 15) is 9.59 Å². The van der Waals surface area contributed by atoms with E-state index in [1.807, 2.05) is 30.3 Å². The lowest BCUT2D eigenvalue weighted by Gasteiger charge is -2.22. The van der Waals surface area contributed by atoms with Gasteiger partial charge in [0.25, 0.3) is 0 Å². The Hall–Kier alpha value is -2.04. The van der Waals surface area contributed by atoms with Crippen LogP contribution in [0.2, 0.25) is 10.0 Å². The summed E-state index contributed by atoms with van der Waals surface area (Å²) in [6.07, 6.45) is 0. The molecule has 0 aromatic heterocycles. The summed E-state index contributed by atoms with van der Waals surface area (Å²) in [4.78, 5) is 25.3. The van der Waals surface area contributed by atoms with Crippen molar-refractivity contribution in [2.45, 2.75) is 13.5 Å². The predicted molar refractivity (Wildman–Crippen MR) is 92.8 cm³/mol. The van der Waals surface area contributed by atoms with Crippen molar-refractivity contribution in [1.29, 1.82) is 0 Å². The van der Waals surface area contributed by atoms with Gasteiger partial charge in [-0.05, 0) is 17.7 Å². The Morgan fingerprint density at radius 3 is 2.39 bits per heavy atom. The maximum atomic E-state index is 12.1. The molecule has 4 nitrogen and oxygen atoms in total. The Morgan fingerprint density at radius 2 is 1.74 bits per heavy atom. The number of rotatable bonds is 5. The first-order chi connectivity index (χ1) is 11.0. The molecule has 2 aromatic rings. The Labute approximate surface area is 145 Å². The van der Waals surface area contributed by atoms with Gasteiger partial charge >= 0.3 is 0 Å². The van der Waals surface area contributed by atoms with Gasteiger partial charge < -0.3 is 10.2 Å². The second kappa shape index (κ2) is 7.99. The van der Waals surface area contributed by atoms with Gasteiger partial charge in [0.15, 0.2) is 0 Å². The molecule has 0 atom stereocenters. The van der Waals surface area contributed by atoms with Crippen molar-refractivity contribution in [3.63, 3.8) is 0 Å². The first-order valence-electron chi connectivity index (χ1n) is 7.02. The van der Waals surface area contributed by atoms with Crippen LogP contribution in [0.4, 0.5) is 5.69 Å². The highest BCUT2D eigenvalue weighted by atomic mass is 35.5. The summed E-state index contributed by atoms with van der Waals surface area (Å²) in [7, 11) is 0. The van der Waals surface area contributed by atoms with Crippen LogP contribution in [0.5, 0.6) is 0 Å². The smallest absolute Gasteiger partial charge is 0.240 e. The van der Waals surface area contributed by atoms with Crippen LogP contribution in [0.15, 0.2) is 48.5 Å². The molecule has 23 heavy (non-hydrogen) atoms. The first kappa shape index (κ1) is 17.3. The van der Waals surface area contributed by atoms with Gasteiger partial charge in [0, 0.05) is 13.5 Å². The van der Waals surface area contributed by atoms with Crippen LogP contribution in [0.1, 0.15) is 12.5 Å². The standard InChI is InChI=1S/C17H16Cl2N2O2/c1-12(22)21(15-9-5-8-14(18)17(15)19)11-16(23)20-10-13-6-3-2-4-7-13/h2-9H,10-11H2,1H3,(H,20,23). The van der Waals surface area contributed by atoms with Crippen molar-refractivity contribution < 1.29 is 9.59 Å². The van der Waals surface area contributed by atoms with E-state index in [4.69, 9.17) is 23.2 Å². The SMILES string of the molecule is CC(=O)N(CC(=O)NCc1ccccc1)c1cccc(Cl)c1Cl. The largest absolute Gasteiger partial charge is 0.350 e. The van der Waals surface area contributed by atoms with E-state index in [1.54, 1.807) is 18.2 Å². The number of benzene rings is 2. The lowest BCUT2D eigenvalue weighted by Crippen LogP contribution is -2.39. The molecule has 0 bridgehead atoms. The number of anilines is 1. The zero-order chi connectivity index (χ0) is 16.8. The van der Waals surface area contributed by atoms with Crippen LogP contribution in [0.3, 0.4) is 0 Å². The third-order valence-corrected chi connectivity index (χ3v) is 4.05. The zero-order valence-corrected chi connectivity index (χ0v) is 14.1. The minimum absolute atomic E-state index is 0.123. The molecule has 0 heterocycles. The number of carbonyl (C=O) groups excluding carboxylic acids is 2. The second-order valence-electron chi connectivity index (χ2n) is 4.94. The maximum Gasteiger partial charge on any atom is 0.240 e. The molecular weight excluding hydrogens is 335 g/mol. The molecule has 0 spiro atoms. The quantitative estimate of drug-likeness (QED) is 0.894. The number of carbonyl (C=O) groups is 2. The minimum atomic E-state index is -0.288. The van der Waals surface area contributed by atoms with Crippen molar-refractivity contribution in [3.05, 3.63) is 64.1 Å². The van der Waals surface area contributed by atoms with Crippen molar-refractivity contribution in [2.75, 3.05) is 11.4 Å². The lowest BCUT2D eigenvalue weighted by molar-refractivity contribution is -0.123. The van der Waals surface area contributed by atoms with Crippen LogP contribution in [0, 0.1) is 0 Å². The van der Waals surface area contributed by atoms with Crippen LogP contribution >= 0.6 is 23.2 Å². The van der Waals surface area contributed by atoms with E-state index >= 15 is 0 Å². The molecule has 2 amide bonds. The molecule has 0 aliphatic heterocycles. The van der Waals surface area contributed by atoms with E-state index in [0.29, 0.717) is 17.3 Å². The molecule has 1 N–H and O–H groups in total. The number of halogens is 2. The number of nitrogens with zero attached hydrogens (tertiary/aromatic N) is 1. The molecule has 0 radical (unpaired) electrons. The van der Waals surface area contributed by atoms with Crippen molar-refractivity contribution in [3.8, 4) is 0 Å². The summed E-state index contributed by atoms with van der Waals surface area (Å²) in [6, 6.07) is 14.5. The highest BCUT2D eigenvalue weighted by Crippen LogP contribution is 2.32. The summed E-state index contributed by atoms with van der Waals surface area (Å²) in [5.41, 5.74) is 1.40. The van der Waals surface area contributed by atoms with Gasteiger partial charge in [0.05, 0.1) is 15.7 Å². The Kier molecular flexibility index (Phi) is 6.02. The zero-order valence-electron chi connectivity index (χ0n) is 12.6. The topological polar surface area (TPSA) is 49.4 Å². The Morgan fingerprint density at radius 1 is 1.04 bits per heavy atom. The summed E-state index contributed by atoms with van der Waals surface area (Å²) in [6.45, 7) is 1.65. The monoisotopic (exact) mass is 350 g/mol. The Balaban J connectivity index is 2.06. The van der Waals surface area contributed by atoms with E-state index in [1.165, 1.54) is 11.8 Å². The number of nitrogens with one attached hydrogen (secondary N) is 1. The average molecular weight is 351 g/mol. The normalized spacial score (nSPS) is 10.2. The maximum absolute atomic E-state index is 12.1. The predicted octanol–water partition coefficient (Wildman–Crippen LogP) is 3.66. The van der Waals surface area contributed by atoms with Gasteiger partial charge in [0.1, 0.15) is 6.54 Å². The molecule has 2 aromatic carbocycles. The molecule has 0 aliphatic rings. The number of hydrogen-bond acceptors (Lipinski definition) is 2. The van der Waals surface area contributed by atoms with Gasteiger partial charge in [-0.2, -0.15) is 0 Å². The highest BCUT2D eigenvalue weighted by molar-refractivity contribution is 6.44. The molecule has 0 aliphatic carbocycles. The van der Waals surface area contributed by atoms with E-state index in [-0.39, 0.29) is 23.4 Å². The summed E-state index contributed by atoms with van der Waals surface area (Å²) in [5.74, 6) is -0.566. The second-order valence-corrected chi connectivity index (χ2v) is 5.73. The molecule has 0 saturated carbocycles. The fourth-order valence-electron chi connectivity index (χ4n) is 2.06. The Bertz CT molecular complexity index is 705. The summed E-state index contributed by atoms with van der Waals surface area (Å²) in [5, 5.41) is 3.36. The molecule has 2 rings (SSSR count). The molecule has 0 saturated heterocycles. The van der Waals surface area contributed by atoms with Crippen LogP contribution in [-0.4, -0.2) is 18.4 Å². The summed E-state index contributed by atoms with van der Waals surface area (Å²) < 4.78 is 0. The molecular formula is C17H16Cl2N2O2. The third kappa shape index (κ3) is 4.71. The van der Waals surface area contributed by atoms with Gasteiger partial charge in [-0.1, -0.05) is 59.6 Å². The number of hydrogen-bond donors (Lipinski definition) is 1. The van der Waals surface area contributed by atoms with Gasteiger partial charge in [0.2, 0.25) is 11.8 Å². The fraction of sp³-hybridized carbons (Fsp3) is 0.176. The molecule has 120 valence electrons. The summed E-state index contributed by atoms with van der Waals surface area (Å²) >= 11 is 12.1. The van der Waals surface area contributed by atoms with Gasteiger partial charge in [-0.25, -0.2) is 0 Å². The van der Waals surface area contributed by atoms with E-state index in [2.05, 4.69) is 5.32 Å². The van der Waals surface area contributed by atoms with Gasteiger partial charge in [-0.15, -0.1) is 0 Å². The first-order valence-corrected chi connectivity index (χ1v) is 7.77. The van der Waals surface area contributed by atoms with Crippen LogP contribution < -0.4 is 10.2 Å². The van der Waals surface area contributed by atoms with E-state index in [0.717, 1.165) is 5.56 Å².